The van der Waals surface area contributed by atoms with Crippen LogP contribution >= 0.6 is 7.60 Å². The van der Waals surface area contributed by atoms with Crippen LogP contribution in [0, 0.1) is 0 Å². The minimum Gasteiger partial charge on any atom is -0.480 e. The third kappa shape index (κ3) is 24.3. The lowest BCUT2D eigenvalue weighted by atomic mass is 10.0. The Bertz CT molecular complexity index is 1310. The third-order valence-electron chi connectivity index (χ3n) is 10.5. The zero-order valence-electron chi connectivity index (χ0n) is 35.4. The number of likely N-dealkylation sites (N-methyl/N-ethyl adjacent to an activating group) is 1. The van der Waals surface area contributed by atoms with Gasteiger partial charge in [0, 0.05) is 45.4 Å². The van der Waals surface area contributed by atoms with Crippen molar-refractivity contribution in [1.29, 1.82) is 0 Å². The Kier molecular flexibility index (Phi) is 25.7. The van der Waals surface area contributed by atoms with E-state index in [-0.39, 0.29) is 38.8 Å². The molecule has 15 heteroatoms. The van der Waals surface area contributed by atoms with Gasteiger partial charge in [-0.15, -0.1) is 0 Å². The van der Waals surface area contributed by atoms with E-state index in [4.69, 9.17) is 14.2 Å². The zero-order valence-corrected chi connectivity index (χ0v) is 36.3. The second-order valence-corrected chi connectivity index (χ2v) is 18.8. The van der Waals surface area contributed by atoms with Crippen molar-refractivity contribution >= 4 is 30.8 Å². The number of hydrogen-bond acceptors (Lipinski definition) is 10. The highest BCUT2D eigenvalue weighted by molar-refractivity contribution is 7.62. The summed E-state index contributed by atoms with van der Waals surface area (Å²) in [5.41, 5.74) is 0.857. The molecule has 1 saturated heterocycles. The van der Waals surface area contributed by atoms with E-state index in [1.54, 1.807) is 26.8 Å². The highest BCUT2D eigenvalue weighted by Crippen LogP contribution is 2.47. The molecule has 1 fully saturated rings. The van der Waals surface area contributed by atoms with Crippen molar-refractivity contribution in [1.82, 2.24) is 14.7 Å². The fraction of sp³-hybridized carbons (Fsp3) is 0.786. The van der Waals surface area contributed by atoms with Crippen LogP contribution in [-0.2, 0) is 34.4 Å². The Labute approximate surface area is 342 Å². The van der Waals surface area contributed by atoms with Crippen molar-refractivity contribution in [3.63, 3.8) is 0 Å². The first kappa shape index (κ1) is 50.7. The zero-order chi connectivity index (χ0) is 41.9. The number of aliphatic carboxylic acids is 3. The van der Waals surface area contributed by atoms with Crippen molar-refractivity contribution in [2.24, 2.45) is 0 Å². The lowest BCUT2D eigenvalue weighted by Gasteiger charge is -2.33. The van der Waals surface area contributed by atoms with Crippen LogP contribution in [0.2, 0.25) is 0 Å². The Balaban J connectivity index is 1.94. The molecule has 1 heterocycles. The maximum Gasteiger partial charge on any atom is 0.361 e. The lowest BCUT2D eigenvalue weighted by molar-refractivity contribution is -0.870. The molecule has 0 aliphatic carbocycles. The van der Waals surface area contributed by atoms with Crippen LogP contribution in [0.4, 0.5) is 0 Å². The number of carboxylic acids is 3. The number of nitrogens with zero attached hydrogens (tertiary/aromatic N) is 4. The van der Waals surface area contributed by atoms with E-state index in [1.807, 2.05) is 33.3 Å². The van der Waals surface area contributed by atoms with Crippen LogP contribution < -0.4 is 5.30 Å². The minimum atomic E-state index is -3.64. The Morgan fingerprint density at radius 2 is 1.07 bits per heavy atom. The predicted octanol–water partition coefficient (Wildman–Crippen LogP) is 5.56. The second kappa shape index (κ2) is 28.9. The molecular weight excluding hydrogens is 751 g/mol. The average molecular weight is 828 g/mol. The normalized spacial score (nSPS) is 17.4. The molecule has 2 rings (SSSR count). The molecule has 0 radical (unpaired) electrons. The number of rotatable bonds is 32. The number of aliphatic hydroxyl groups excluding tert-OH is 1. The summed E-state index contributed by atoms with van der Waals surface area (Å²) in [4.78, 5) is 40.3. The molecule has 1 aliphatic heterocycles. The molecule has 1 aromatic carbocycles. The number of unbranched alkanes of at least 4 members (excludes halogenated alkanes) is 15. The van der Waals surface area contributed by atoms with E-state index in [9.17, 15) is 34.3 Å². The number of benzene rings is 1. The van der Waals surface area contributed by atoms with Gasteiger partial charge < -0.3 is 29.4 Å². The Hall–Kier alpha value is -2.42. The standard InChI is InChI=1S/C42H75N4O10P/c1-46(2,3)28-31-56-57(54,55-30-19-17-15-13-11-9-7-5-4-6-8-10-12-14-16-18-29-47)39-22-20-37(21-23-39)32-38-33-44(35-41(50)51)25-24-43(34-40(48)49)26-27-45(38)36-42(52)53/h20-23,38,47H,4-19,24-36H2,1-3H3,(H2-,48,49,50,51,52,53)/p+1. The smallest absolute Gasteiger partial charge is 0.361 e. The van der Waals surface area contributed by atoms with Gasteiger partial charge in [0.25, 0.3) is 0 Å². The highest BCUT2D eigenvalue weighted by atomic mass is 31.2. The van der Waals surface area contributed by atoms with Gasteiger partial charge in [-0.05, 0) is 37.0 Å². The number of carboxylic acid groups (broad SMARTS) is 3. The first-order chi connectivity index (χ1) is 27.2. The molecule has 0 saturated carbocycles. The van der Waals surface area contributed by atoms with Crippen molar-refractivity contribution < 1.29 is 52.9 Å². The molecule has 1 aromatic rings. The molecule has 57 heavy (non-hydrogen) atoms. The van der Waals surface area contributed by atoms with Gasteiger partial charge in [-0.2, -0.15) is 0 Å². The van der Waals surface area contributed by atoms with E-state index in [2.05, 4.69) is 0 Å². The highest BCUT2D eigenvalue weighted by Gasteiger charge is 2.30. The molecule has 0 amide bonds. The van der Waals surface area contributed by atoms with E-state index >= 15 is 0 Å². The van der Waals surface area contributed by atoms with Gasteiger partial charge in [0.05, 0.1) is 52.7 Å². The number of hydrogen-bond donors (Lipinski definition) is 4. The lowest BCUT2D eigenvalue weighted by Crippen LogP contribution is -2.49. The quantitative estimate of drug-likeness (QED) is 0.0404. The summed E-state index contributed by atoms with van der Waals surface area (Å²) in [6, 6.07) is 6.84. The molecule has 2 unspecified atom stereocenters. The van der Waals surface area contributed by atoms with Crippen molar-refractivity contribution in [3.8, 4) is 0 Å². The van der Waals surface area contributed by atoms with Crippen LogP contribution in [-0.4, -0.2) is 163 Å². The number of aliphatic hydroxyl groups is 1. The Morgan fingerprint density at radius 1 is 0.632 bits per heavy atom. The fourth-order valence-corrected chi connectivity index (χ4v) is 8.77. The van der Waals surface area contributed by atoms with Gasteiger partial charge in [0.2, 0.25) is 0 Å². The Morgan fingerprint density at radius 3 is 1.56 bits per heavy atom. The van der Waals surface area contributed by atoms with E-state index in [0.717, 1.165) is 37.7 Å². The monoisotopic (exact) mass is 828 g/mol. The summed E-state index contributed by atoms with van der Waals surface area (Å²) in [6.07, 6.45) is 19.5. The first-order valence-corrected chi connectivity index (χ1v) is 23.0. The third-order valence-corrected chi connectivity index (χ3v) is 12.5. The van der Waals surface area contributed by atoms with Gasteiger partial charge in [0.1, 0.15) is 13.2 Å². The molecular formula is C42H76N4O10P+. The summed E-state index contributed by atoms with van der Waals surface area (Å²) in [5.74, 6) is -3.04. The topological polar surface area (TPSA) is 177 Å². The number of quaternary nitrogens is 1. The number of carbonyl (C=O) groups is 3. The van der Waals surface area contributed by atoms with E-state index in [1.165, 1.54) is 70.6 Å². The molecule has 328 valence electrons. The molecule has 0 bridgehead atoms. The maximum absolute atomic E-state index is 14.3. The summed E-state index contributed by atoms with van der Waals surface area (Å²) < 4.78 is 27.0. The molecule has 0 spiro atoms. The van der Waals surface area contributed by atoms with Crippen molar-refractivity contribution in [2.45, 2.75) is 115 Å². The summed E-state index contributed by atoms with van der Waals surface area (Å²) in [6.45, 7) is 2.40. The van der Waals surface area contributed by atoms with E-state index < -0.39 is 25.5 Å². The van der Waals surface area contributed by atoms with Gasteiger partial charge in [0.15, 0.2) is 0 Å². The average Bonchev–Trinajstić information content (AvgIpc) is 3.20. The second-order valence-electron chi connectivity index (χ2n) is 16.7. The fourth-order valence-electron chi connectivity index (χ4n) is 7.19. The van der Waals surface area contributed by atoms with Crippen molar-refractivity contribution in [3.05, 3.63) is 29.8 Å². The van der Waals surface area contributed by atoms with Gasteiger partial charge in [-0.3, -0.25) is 38.2 Å². The van der Waals surface area contributed by atoms with Crippen LogP contribution in [0.15, 0.2) is 24.3 Å². The molecule has 4 N–H and O–H groups in total. The molecule has 14 nitrogen and oxygen atoms in total. The van der Waals surface area contributed by atoms with Gasteiger partial charge >= 0.3 is 25.5 Å². The van der Waals surface area contributed by atoms with Crippen LogP contribution in [0.3, 0.4) is 0 Å². The SMILES string of the molecule is C[N+](C)(C)CCOP(=O)(OCCCCCCCCCCCCCCCCCCO)c1ccc(CC2CN(CC(=O)O)CCN(CC(=O)O)CCN2CC(=O)O)cc1. The van der Waals surface area contributed by atoms with Crippen LogP contribution in [0.5, 0.6) is 0 Å². The largest absolute Gasteiger partial charge is 0.480 e. The predicted molar refractivity (Wildman–Crippen MR) is 224 cm³/mol. The van der Waals surface area contributed by atoms with Crippen molar-refractivity contribution in [2.75, 3.05) is 99.9 Å². The minimum absolute atomic E-state index is 0.220. The van der Waals surface area contributed by atoms with Gasteiger partial charge in [-0.25, -0.2) is 0 Å². The maximum atomic E-state index is 14.3. The first-order valence-electron chi connectivity index (χ1n) is 21.4. The molecule has 0 aromatic heterocycles. The molecule has 1 aliphatic rings. The van der Waals surface area contributed by atoms with Gasteiger partial charge in [-0.1, -0.05) is 102 Å². The summed E-state index contributed by atoms with van der Waals surface area (Å²) in [5, 5.41) is 38.1. The van der Waals surface area contributed by atoms with E-state index in [0.29, 0.717) is 62.1 Å². The molecule has 2 atom stereocenters. The summed E-state index contributed by atoms with van der Waals surface area (Å²) in [7, 11) is 2.49. The van der Waals surface area contributed by atoms with Crippen LogP contribution in [0.1, 0.15) is 108 Å². The van der Waals surface area contributed by atoms with Crippen LogP contribution in [0.25, 0.3) is 0 Å². The summed E-state index contributed by atoms with van der Waals surface area (Å²) >= 11 is 0.